The summed E-state index contributed by atoms with van der Waals surface area (Å²) in [6, 6.07) is 0. The fraction of sp³-hybridized carbons (Fsp3) is 0. The molecule has 9 heteroatoms. The quantitative estimate of drug-likeness (QED) is 0.284. The van der Waals surface area contributed by atoms with E-state index < -0.39 is 17.4 Å². The summed E-state index contributed by atoms with van der Waals surface area (Å²) in [4.78, 5) is 15.7. The third kappa shape index (κ3) is 4.88. The molecule has 0 aromatic rings. The van der Waals surface area contributed by atoms with Gasteiger partial charge in [-0.3, -0.25) is 4.55 Å². The first kappa shape index (κ1) is 10.0. The van der Waals surface area contributed by atoms with Crippen LogP contribution in [0.3, 0.4) is 0 Å². The molecule has 6 nitrogen and oxygen atoms in total. The molecular weight excluding hydrogens is 200 g/mol. The molecule has 2 N–H and O–H groups in total. The molecule has 1 atom stereocenters. The van der Waals surface area contributed by atoms with Gasteiger partial charge in [-0.15, -0.1) is 0 Å². The summed E-state index contributed by atoms with van der Waals surface area (Å²) in [5, 5.41) is 0. The fourth-order valence-electron chi connectivity index (χ4n) is 0.112. The van der Waals surface area contributed by atoms with Crippen LogP contribution in [-0.2, 0) is 16.1 Å². The Hall–Kier alpha value is 0.0400. The van der Waals surface area contributed by atoms with E-state index in [4.69, 9.17) is 4.55 Å². The van der Waals surface area contributed by atoms with E-state index in [-0.39, 0.29) is 0 Å². The van der Waals surface area contributed by atoms with Gasteiger partial charge in [0.25, 0.3) is 11.3 Å². The minimum atomic E-state index is -2.39. The van der Waals surface area contributed by atoms with Crippen molar-refractivity contribution in [1.29, 1.82) is 0 Å². The Bertz CT molecular complexity index is 147. The lowest BCUT2D eigenvalue weighted by molar-refractivity contribution is 0.120. The number of thiol groups is 2. The van der Waals surface area contributed by atoms with Gasteiger partial charge in [0.05, 0.1) is 0 Å². The standard InChI is InChI=1S/CH4N2O4S3/c4-1(3(8)9)7-2-10(5)6/h2,8-9H,(H,5,6). The molecule has 0 saturated heterocycles. The molecule has 0 radical (unpaired) electrons. The summed E-state index contributed by atoms with van der Waals surface area (Å²) in [5.74, 6) is 0. The summed E-state index contributed by atoms with van der Waals surface area (Å²) in [7, 11) is 0. The Labute approximate surface area is 70.4 Å². The number of carbonyl (C=O) groups is 1. The van der Waals surface area contributed by atoms with Gasteiger partial charge in [0.2, 0.25) is 0 Å². The van der Waals surface area contributed by atoms with Crippen molar-refractivity contribution in [3.8, 4) is 0 Å². The zero-order valence-corrected chi connectivity index (χ0v) is 7.03. The van der Waals surface area contributed by atoms with Crippen LogP contribution in [0.15, 0.2) is 0 Å². The summed E-state index contributed by atoms with van der Waals surface area (Å²) < 4.78 is 18.3. The highest BCUT2D eigenvalue weighted by atomic mass is 32.2. The Balaban J connectivity index is 3.50. The molecule has 0 heterocycles. The zero-order chi connectivity index (χ0) is 8.15. The lowest BCUT2D eigenvalue weighted by Crippen LogP contribution is -2.25. The lowest BCUT2D eigenvalue weighted by Gasteiger charge is -2.05. The van der Waals surface area contributed by atoms with Crippen molar-refractivity contribution < 1.29 is 18.4 Å². The first-order valence-electron chi connectivity index (χ1n) is 1.79. The number of amides is 1. The zero-order valence-electron chi connectivity index (χ0n) is 4.42. The molecule has 0 aliphatic heterocycles. The topological polar surface area (TPSA) is 78.9 Å². The predicted molar refractivity (Wildman–Crippen MR) is 40.2 cm³/mol. The number of hydrogen-bond acceptors (Lipinski definition) is 5. The largest absolute Gasteiger partial charge is 0.449 e. The summed E-state index contributed by atoms with van der Waals surface area (Å²) in [5.41, 5.74) is 0. The van der Waals surface area contributed by atoms with Crippen LogP contribution in [0.4, 0.5) is 4.79 Å². The normalized spacial score (nSPS) is 12.3. The van der Waals surface area contributed by atoms with Gasteiger partial charge in [0, 0.05) is 0 Å². The molecule has 60 valence electrons. The number of rotatable bonds is 2. The van der Waals surface area contributed by atoms with E-state index in [1.54, 1.807) is 0 Å². The van der Waals surface area contributed by atoms with Crippen molar-refractivity contribution in [2.24, 2.45) is 0 Å². The molecule has 1 amide bonds. The Morgan fingerprint density at radius 1 is 1.70 bits per heavy atom. The minimum absolute atomic E-state index is 0.500. The second-order valence-electron chi connectivity index (χ2n) is 0.990. The van der Waals surface area contributed by atoms with Crippen LogP contribution in [0.1, 0.15) is 0 Å². The molecule has 0 rings (SSSR count). The second kappa shape index (κ2) is 4.79. The number of hydrogen-bond donors (Lipinski definition) is 4. The van der Waals surface area contributed by atoms with Crippen LogP contribution in [0.2, 0.25) is 0 Å². The van der Waals surface area contributed by atoms with E-state index in [0.717, 1.165) is 0 Å². The predicted octanol–water partition coefficient (Wildman–Crippen LogP) is -0.244. The van der Waals surface area contributed by atoms with Crippen LogP contribution >= 0.6 is 25.6 Å². The van der Waals surface area contributed by atoms with E-state index in [0.29, 0.717) is 3.71 Å². The van der Waals surface area contributed by atoms with Crippen molar-refractivity contribution in [1.82, 2.24) is 8.60 Å². The van der Waals surface area contributed by atoms with Gasteiger partial charge in [0.1, 0.15) is 0 Å². The summed E-state index contributed by atoms with van der Waals surface area (Å²) in [6.07, 6.45) is -1.01. The molecule has 1 unspecified atom stereocenters. The highest BCUT2D eigenvalue weighted by molar-refractivity contribution is 7.94. The molecule has 10 heavy (non-hydrogen) atoms. The molecule has 0 aromatic carbocycles. The third-order valence-corrected chi connectivity index (χ3v) is 0.916. The molecule has 0 aromatic heterocycles. The average molecular weight is 204 g/mol. The van der Waals surface area contributed by atoms with Gasteiger partial charge >= 0.3 is 6.09 Å². The second-order valence-corrected chi connectivity index (χ2v) is 2.77. The first-order chi connectivity index (χ1) is 4.54. The van der Waals surface area contributed by atoms with Gasteiger partial charge in [-0.1, -0.05) is 0 Å². The van der Waals surface area contributed by atoms with Gasteiger partial charge in [0.15, 0.2) is 0 Å². The van der Waals surface area contributed by atoms with Gasteiger partial charge in [-0.25, -0.2) is 9.00 Å². The minimum Gasteiger partial charge on any atom is -0.337 e. The maximum Gasteiger partial charge on any atom is 0.449 e. The van der Waals surface area contributed by atoms with Gasteiger partial charge in [-0.05, 0) is 30.5 Å². The smallest absolute Gasteiger partial charge is 0.337 e. The Morgan fingerprint density at radius 2 is 2.20 bits per heavy atom. The van der Waals surface area contributed by atoms with Crippen LogP contribution in [0, 0.1) is 0 Å². The number of nitrogens with one attached hydrogen (secondary N) is 1. The van der Waals surface area contributed by atoms with Crippen LogP contribution < -0.4 is 4.89 Å². The highest BCUT2D eigenvalue weighted by Gasteiger charge is 2.07. The van der Waals surface area contributed by atoms with E-state index in [9.17, 15) is 9.00 Å². The molecule has 0 aliphatic rings. The number of carbonyl (C=O) groups excluding carboxylic acids is 1. The van der Waals surface area contributed by atoms with Crippen molar-refractivity contribution in [3.05, 3.63) is 0 Å². The summed E-state index contributed by atoms with van der Waals surface area (Å²) >= 11 is 4.41. The van der Waals surface area contributed by atoms with Crippen molar-refractivity contribution in [2.75, 3.05) is 0 Å². The highest BCUT2D eigenvalue weighted by Crippen LogP contribution is 1.98. The van der Waals surface area contributed by atoms with E-state index >= 15 is 0 Å². The molecule has 0 aliphatic carbocycles. The maximum absolute atomic E-state index is 10.3. The molecule has 0 saturated carbocycles. The summed E-state index contributed by atoms with van der Waals surface area (Å²) in [6.45, 7) is 0. The fourth-order valence-corrected chi connectivity index (χ4v) is 0.336. The van der Waals surface area contributed by atoms with Crippen LogP contribution in [-0.4, -0.2) is 18.6 Å². The maximum atomic E-state index is 10.3. The SMILES string of the molecule is O=C(ONS(=O)O)N(S)S. The average Bonchev–Trinajstić information content (AvgIpc) is 1.82. The van der Waals surface area contributed by atoms with Crippen molar-refractivity contribution in [3.63, 3.8) is 0 Å². The third-order valence-electron chi connectivity index (χ3n) is 0.364. The number of nitrogens with zero attached hydrogens (tertiary/aromatic N) is 1. The lowest BCUT2D eigenvalue weighted by atomic mass is 11.3. The first-order valence-corrected chi connectivity index (χ1v) is 3.70. The molecule has 0 bridgehead atoms. The Morgan fingerprint density at radius 3 is 2.50 bits per heavy atom. The van der Waals surface area contributed by atoms with E-state index in [2.05, 4.69) is 30.5 Å². The van der Waals surface area contributed by atoms with Crippen LogP contribution in [0.5, 0.6) is 0 Å². The molecule has 0 fully saturated rings. The van der Waals surface area contributed by atoms with E-state index in [1.165, 1.54) is 4.89 Å². The van der Waals surface area contributed by atoms with Gasteiger partial charge in [-0.2, -0.15) is 3.71 Å². The molecular formula is CH4N2O4S3. The van der Waals surface area contributed by atoms with Crippen molar-refractivity contribution in [2.45, 2.75) is 0 Å². The van der Waals surface area contributed by atoms with Crippen LogP contribution in [0.25, 0.3) is 0 Å². The molecule has 0 spiro atoms. The van der Waals surface area contributed by atoms with Gasteiger partial charge < -0.3 is 4.84 Å². The van der Waals surface area contributed by atoms with Crippen molar-refractivity contribution >= 4 is 43.0 Å². The Kier molecular flexibility index (Phi) is 4.81. The monoisotopic (exact) mass is 204 g/mol. The van der Waals surface area contributed by atoms with E-state index in [1.807, 2.05) is 0 Å².